The predicted molar refractivity (Wildman–Crippen MR) is 86.5 cm³/mol. The Labute approximate surface area is 150 Å². The first-order valence-electron chi connectivity index (χ1n) is 6.63. The smallest absolute Gasteiger partial charge is 0.270 e. The van der Waals surface area contributed by atoms with Crippen molar-refractivity contribution in [2.75, 3.05) is 0 Å². The molecule has 1 atom stereocenters. The van der Waals surface area contributed by atoms with Gasteiger partial charge in [-0.15, -0.1) is 0 Å². The van der Waals surface area contributed by atoms with Crippen LogP contribution in [-0.4, -0.2) is 38.0 Å². The topological polar surface area (TPSA) is 144 Å². The summed E-state index contributed by atoms with van der Waals surface area (Å²) >= 11 is 5.70. The molecule has 25 heavy (non-hydrogen) atoms. The number of amides is 1. The summed E-state index contributed by atoms with van der Waals surface area (Å²) in [6.45, 7) is 0. The van der Waals surface area contributed by atoms with Crippen molar-refractivity contribution in [3.63, 3.8) is 0 Å². The number of hydrogen-bond donors (Lipinski definition) is 0. The molecule has 0 unspecified atom stereocenters. The van der Waals surface area contributed by atoms with E-state index in [0.29, 0.717) is 10.5 Å². The van der Waals surface area contributed by atoms with Crippen molar-refractivity contribution in [1.29, 1.82) is 0 Å². The number of carbonyl (C=O) groups excluding carboxylic acids is 3. The Morgan fingerprint density at radius 1 is 1.36 bits per heavy atom. The van der Waals surface area contributed by atoms with Gasteiger partial charge in [0.15, 0.2) is 0 Å². The SMILES string of the molecule is O=C([O-])C[C@@H](C(=O)[O-])N1C(=O)/C(=C/c2cccc([N+](=O)[O-])c2)SC1=S. The van der Waals surface area contributed by atoms with Crippen molar-refractivity contribution in [2.24, 2.45) is 0 Å². The lowest BCUT2D eigenvalue weighted by atomic mass is 10.1. The zero-order valence-corrected chi connectivity index (χ0v) is 13.9. The first-order valence-corrected chi connectivity index (χ1v) is 7.85. The molecule has 1 amide bonds. The number of carboxylic acid groups (broad SMARTS) is 2. The van der Waals surface area contributed by atoms with Gasteiger partial charge in [-0.1, -0.05) is 36.1 Å². The monoisotopic (exact) mass is 380 g/mol. The third-order valence-electron chi connectivity index (χ3n) is 3.15. The molecular weight excluding hydrogens is 372 g/mol. The van der Waals surface area contributed by atoms with Crippen LogP contribution in [0, 0.1) is 10.1 Å². The van der Waals surface area contributed by atoms with Crippen LogP contribution in [-0.2, 0) is 14.4 Å². The number of carbonyl (C=O) groups is 3. The van der Waals surface area contributed by atoms with Crippen LogP contribution in [0.4, 0.5) is 5.69 Å². The molecule has 0 spiro atoms. The maximum absolute atomic E-state index is 12.4. The quantitative estimate of drug-likeness (QED) is 0.264. The molecule has 1 aliphatic rings. The largest absolute Gasteiger partial charge is 0.550 e. The first-order chi connectivity index (χ1) is 11.7. The van der Waals surface area contributed by atoms with Gasteiger partial charge in [0.25, 0.3) is 11.6 Å². The number of thioether (sulfide) groups is 1. The molecule has 0 bridgehead atoms. The number of carboxylic acids is 2. The van der Waals surface area contributed by atoms with E-state index < -0.39 is 35.2 Å². The number of nitrogens with zero attached hydrogens (tertiary/aromatic N) is 2. The van der Waals surface area contributed by atoms with Gasteiger partial charge in [0, 0.05) is 24.5 Å². The van der Waals surface area contributed by atoms with Crippen molar-refractivity contribution >= 4 is 57.9 Å². The number of rotatable bonds is 6. The van der Waals surface area contributed by atoms with Crippen LogP contribution in [0.3, 0.4) is 0 Å². The maximum atomic E-state index is 12.4. The van der Waals surface area contributed by atoms with Crippen molar-refractivity contribution in [3.05, 3.63) is 44.8 Å². The molecule has 1 saturated heterocycles. The standard InChI is InChI=1S/C14H10N2O7S2/c17-11(18)6-9(13(20)21)15-12(19)10(25-14(15)24)5-7-2-1-3-8(4-7)16(22)23/h1-5,9H,6H2,(H,17,18)(H,20,21)/p-2/b10-5-/t9-/m0/s1. The van der Waals surface area contributed by atoms with Crippen LogP contribution in [0.5, 0.6) is 0 Å². The Morgan fingerprint density at radius 3 is 2.60 bits per heavy atom. The third-order valence-corrected chi connectivity index (χ3v) is 4.48. The molecule has 0 radical (unpaired) electrons. The van der Waals surface area contributed by atoms with Crippen LogP contribution in [0.2, 0.25) is 0 Å². The number of aliphatic carboxylic acids is 2. The van der Waals surface area contributed by atoms with E-state index in [4.69, 9.17) is 12.2 Å². The van der Waals surface area contributed by atoms with E-state index in [2.05, 4.69) is 0 Å². The second-order valence-electron chi connectivity index (χ2n) is 4.81. The van der Waals surface area contributed by atoms with Crippen molar-refractivity contribution in [1.82, 2.24) is 4.90 Å². The number of hydrogen-bond acceptors (Lipinski definition) is 9. The Kier molecular flexibility index (Phi) is 5.49. The highest BCUT2D eigenvalue weighted by molar-refractivity contribution is 8.26. The van der Waals surface area contributed by atoms with Gasteiger partial charge in [-0.2, -0.15) is 0 Å². The van der Waals surface area contributed by atoms with Crippen molar-refractivity contribution < 1.29 is 29.5 Å². The van der Waals surface area contributed by atoms with E-state index in [-0.39, 0.29) is 14.9 Å². The molecule has 0 aromatic heterocycles. The summed E-state index contributed by atoms with van der Waals surface area (Å²) in [5.41, 5.74) is 0.147. The van der Waals surface area contributed by atoms with Crippen LogP contribution in [0.15, 0.2) is 29.2 Å². The van der Waals surface area contributed by atoms with Gasteiger partial charge in [-0.05, 0) is 11.6 Å². The first kappa shape index (κ1) is 18.5. The Bertz CT molecular complexity index is 821. The fraction of sp³-hybridized carbons (Fsp3) is 0.143. The molecule has 1 aliphatic heterocycles. The van der Waals surface area contributed by atoms with Gasteiger partial charge in [-0.3, -0.25) is 19.8 Å². The van der Waals surface area contributed by atoms with Gasteiger partial charge < -0.3 is 19.8 Å². The Hall–Kier alpha value is -2.79. The van der Waals surface area contributed by atoms with Gasteiger partial charge in [0.05, 0.1) is 21.8 Å². The fourth-order valence-electron chi connectivity index (χ4n) is 2.07. The molecule has 0 aliphatic carbocycles. The van der Waals surface area contributed by atoms with Crippen LogP contribution in [0.25, 0.3) is 6.08 Å². The summed E-state index contributed by atoms with van der Waals surface area (Å²) in [6, 6.07) is 3.63. The highest BCUT2D eigenvalue weighted by Crippen LogP contribution is 2.34. The van der Waals surface area contributed by atoms with Crippen LogP contribution >= 0.6 is 24.0 Å². The van der Waals surface area contributed by atoms with E-state index >= 15 is 0 Å². The molecule has 0 N–H and O–H groups in total. The molecule has 130 valence electrons. The highest BCUT2D eigenvalue weighted by Gasteiger charge is 2.37. The summed E-state index contributed by atoms with van der Waals surface area (Å²) in [6.07, 6.45) is 0.330. The summed E-state index contributed by atoms with van der Waals surface area (Å²) < 4.78 is -0.155. The average Bonchev–Trinajstić information content (AvgIpc) is 2.79. The maximum Gasteiger partial charge on any atom is 0.270 e. The molecule has 9 nitrogen and oxygen atoms in total. The van der Waals surface area contributed by atoms with E-state index in [0.717, 1.165) is 11.8 Å². The number of non-ortho nitro benzene ring substituents is 1. The summed E-state index contributed by atoms with van der Waals surface area (Å²) in [5, 5.41) is 32.6. The molecule has 1 heterocycles. The number of thiocarbonyl (C=S) groups is 1. The van der Waals surface area contributed by atoms with Crippen LogP contribution in [0.1, 0.15) is 12.0 Å². The summed E-state index contributed by atoms with van der Waals surface area (Å²) in [7, 11) is 0. The minimum absolute atomic E-state index is 0.00935. The van der Waals surface area contributed by atoms with Gasteiger partial charge in [0.1, 0.15) is 4.32 Å². The number of nitro groups is 1. The lowest BCUT2D eigenvalue weighted by molar-refractivity contribution is -0.384. The number of nitro benzene ring substituents is 1. The van der Waals surface area contributed by atoms with Crippen molar-refractivity contribution in [3.8, 4) is 0 Å². The van der Waals surface area contributed by atoms with Crippen LogP contribution < -0.4 is 10.2 Å². The molecule has 1 aromatic rings. The second kappa shape index (κ2) is 7.40. The fourth-order valence-corrected chi connectivity index (χ4v) is 3.42. The molecular formula is C14H8N2O7S2-2. The molecule has 11 heteroatoms. The predicted octanol–water partition coefficient (Wildman–Crippen LogP) is -0.945. The van der Waals surface area contributed by atoms with E-state index in [9.17, 15) is 34.7 Å². The minimum Gasteiger partial charge on any atom is -0.550 e. The van der Waals surface area contributed by atoms with Gasteiger partial charge in [0.2, 0.25) is 0 Å². The average molecular weight is 380 g/mol. The lowest BCUT2D eigenvalue weighted by Crippen LogP contribution is -2.52. The third kappa shape index (κ3) is 4.19. The second-order valence-corrected chi connectivity index (χ2v) is 6.49. The molecule has 2 rings (SSSR count). The zero-order chi connectivity index (χ0) is 18.7. The summed E-state index contributed by atoms with van der Waals surface area (Å²) in [4.78, 5) is 45.0. The molecule has 1 aromatic carbocycles. The van der Waals surface area contributed by atoms with E-state index in [1.165, 1.54) is 30.3 Å². The minimum atomic E-state index is -1.80. The lowest BCUT2D eigenvalue weighted by Gasteiger charge is -2.27. The number of benzene rings is 1. The van der Waals surface area contributed by atoms with Gasteiger partial charge >= 0.3 is 0 Å². The summed E-state index contributed by atoms with van der Waals surface area (Å²) in [5.74, 6) is -4.28. The van der Waals surface area contributed by atoms with E-state index in [1.54, 1.807) is 0 Å². The van der Waals surface area contributed by atoms with Gasteiger partial charge in [-0.25, -0.2) is 0 Å². The van der Waals surface area contributed by atoms with E-state index in [1.807, 2.05) is 0 Å². The highest BCUT2D eigenvalue weighted by atomic mass is 32.2. The Morgan fingerprint density at radius 2 is 2.04 bits per heavy atom. The van der Waals surface area contributed by atoms with Crippen molar-refractivity contribution in [2.45, 2.75) is 12.5 Å². The molecule has 0 saturated carbocycles. The Balaban J connectivity index is 2.34. The molecule has 1 fully saturated rings. The normalized spacial score (nSPS) is 17.0. The zero-order valence-electron chi connectivity index (χ0n) is 12.2.